The number of phosphoric ester groups is 2. The third-order valence-electron chi connectivity index (χ3n) is 17.8. The molecule has 0 aliphatic carbocycles. The number of benzene rings is 6. The molecule has 9 aromatic rings. The van der Waals surface area contributed by atoms with Gasteiger partial charge in [0.15, 0.2) is 0 Å². The van der Waals surface area contributed by atoms with Crippen molar-refractivity contribution < 1.29 is 136 Å². The molecule has 0 aliphatic heterocycles. The number of amides is 5. The topological polar surface area (TPSA) is 425 Å². The van der Waals surface area contributed by atoms with Crippen LogP contribution in [0, 0.1) is 34.9 Å². The van der Waals surface area contributed by atoms with Gasteiger partial charge in [-0.25, -0.2) is 69.4 Å². The predicted octanol–water partition coefficient (Wildman–Crippen LogP) is 15.3. The number of fused-ring (bicyclic) bond motifs is 3. The number of aromatic nitrogens is 3. The summed E-state index contributed by atoms with van der Waals surface area (Å²) in [6.07, 6.45) is -2.09. The molecule has 3 unspecified atom stereocenters. The lowest BCUT2D eigenvalue weighted by Crippen LogP contribution is -2.43. The van der Waals surface area contributed by atoms with E-state index < -0.39 is 138 Å². The van der Waals surface area contributed by atoms with Crippen molar-refractivity contribution in [3.05, 3.63) is 213 Å². The average molecular weight is 1960 g/mol. The second kappa shape index (κ2) is 54.6. The summed E-state index contributed by atoms with van der Waals surface area (Å²) in [5.74, 6) is -3.52. The molecule has 0 radical (unpaired) electrons. The van der Waals surface area contributed by atoms with E-state index in [4.69, 9.17) is 74.6 Å². The minimum Gasteiger partial charge on any atom is -0.448 e. The number of carbonyl (C=O) groups is 5. The van der Waals surface area contributed by atoms with Crippen LogP contribution in [0.1, 0.15) is 48.8 Å². The molecule has 0 fully saturated rings. The molecule has 3 heterocycles. The fourth-order valence-corrected chi connectivity index (χ4v) is 12.9. The molecule has 3 aromatic heterocycles. The smallest absolute Gasteiger partial charge is 0.448 e. The highest BCUT2D eigenvalue weighted by molar-refractivity contribution is 7.81. The van der Waals surface area contributed by atoms with Crippen molar-refractivity contribution in [3.63, 3.8) is 0 Å². The van der Waals surface area contributed by atoms with Crippen LogP contribution in [0.4, 0.5) is 58.2 Å². The summed E-state index contributed by atoms with van der Waals surface area (Å²) in [6, 6.07) is 27.4. The van der Waals surface area contributed by atoms with Gasteiger partial charge >= 0.3 is 40.9 Å². The number of hydrogen-bond donors (Lipinski definition) is 9. The van der Waals surface area contributed by atoms with Crippen molar-refractivity contribution in [1.82, 2.24) is 29.7 Å². The summed E-state index contributed by atoms with van der Waals surface area (Å²) in [6.45, 7) is -5.67. The third-order valence-corrected chi connectivity index (χ3v) is 22.6. The second-order valence-electron chi connectivity index (χ2n) is 26.4. The maximum Gasteiger partial charge on any atom is 0.474 e. The minimum absolute atomic E-state index is 0. The first kappa shape index (κ1) is 111. The molecule has 6 atom stereocenters. The Morgan fingerprint density at radius 2 is 0.776 bits per heavy atom. The molecule has 688 valence electrons. The van der Waals surface area contributed by atoms with Crippen LogP contribution in [0.25, 0.3) is 32.3 Å². The van der Waals surface area contributed by atoms with Gasteiger partial charge in [-0.3, -0.25) is 48.5 Å². The van der Waals surface area contributed by atoms with Crippen LogP contribution in [0.2, 0.25) is 15.1 Å². The number of anilines is 3. The van der Waals surface area contributed by atoms with Crippen molar-refractivity contribution in [2.45, 2.75) is 87.9 Å². The largest absolute Gasteiger partial charge is 0.474 e. The van der Waals surface area contributed by atoms with Gasteiger partial charge in [0.1, 0.15) is 72.2 Å². The number of aliphatic hydroxyl groups is 4. The molecule has 0 spiro atoms. The fourth-order valence-electron chi connectivity index (χ4n) is 11.1. The van der Waals surface area contributed by atoms with Crippen LogP contribution >= 0.6 is 109 Å². The van der Waals surface area contributed by atoms with Crippen LogP contribution in [0.15, 0.2) is 146 Å². The Balaban J connectivity index is 0.000000461. The Hall–Kier alpha value is -7.74. The molecule has 9 N–H and O–H groups in total. The number of hydrogen-bond acceptors (Lipinski definition) is 25. The van der Waals surface area contributed by atoms with Crippen molar-refractivity contribution in [2.75, 3.05) is 105 Å². The molecule has 0 saturated carbocycles. The number of pyridine rings is 3. The monoisotopic (exact) mass is 1960 g/mol. The second-order valence-corrected chi connectivity index (χ2v) is 33.5. The van der Waals surface area contributed by atoms with Crippen molar-refractivity contribution >= 4 is 189 Å². The van der Waals surface area contributed by atoms with E-state index in [0.717, 1.165) is 14.2 Å². The van der Waals surface area contributed by atoms with Crippen LogP contribution in [-0.2, 0) is 84.0 Å². The van der Waals surface area contributed by atoms with Gasteiger partial charge in [-0.2, -0.15) is 40.5 Å². The molecule has 0 saturated heterocycles. The van der Waals surface area contributed by atoms with E-state index in [9.17, 15) is 84.4 Å². The zero-order chi connectivity index (χ0) is 90.2. The highest BCUT2D eigenvalue weighted by Crippen LogP contribution is 2.51. The quantitative estimate of drug-likeness (QED) is 0.00992. The van der Waals surface area contributed by atoms with Crippen LogP contribution in [0.5, 0.6) is 0 Å². The van der Waals surface area contributed by atoms with Gasteiger partial charge in [0, 0.05) is 114 Å². The number of halogens is 10. The zero-order valence-corrected chi connectivity index (χ0v) is 76.4. The van der Waals surface area contributed by atoms with Gasteiger partial charge in [0.2, 0.25) is 11.8 Å². The van der Waals surface area contributed by atoms with Gasteiger partial charge in [0.05, 0.1) is 65.3 Å². The number of nitrogens with zero attached hydrogens (tertiary/aromatic N) is 6. The number of aliphatic hydroxyl groups excluding tert-OH is 4. The zero-order valence-electron chi connectivity index (χ0n) is 67.6. The summed E-state index contributed by atoms with van der Waals surface area (Å²) in [5, 5.41) is 50.6. The first-order valence-corrected chi connectivity index (χ1v) is 42.8. The van der Waals surface area contributed by atoms with E-state index in [2.05, 4.69) is 53.5 Å². The summed E-state index contributed by atoms with van der Waals surface area (Å²) in [7, 11) is 0.531. The van der Waals surface area contributed by atoms with Gasteiger partial charge in [0.25, 0.3) is 0 Å². The maximum absolute atomic E-state index is 13.8. The van der Waals surface area contributed by atoms with E-state index in [-0.39, 0.29) is 150 Å². The van der Waals surface area contributed by atoms with Crippen LogP contribution in [-0.4, -0.2) is 216 Å². The van der Waals surface area contributed by atoms with Gasteiger partial charge in [-0.15, -0.1) is 0 Å². The predicted molar refractivity (Wildman–Crippen MR) is 472 cm³/mol. The van der Waals surface area contributed by atoms with Crippen LogP contribution in [0.3, 0.4) is 0 Å². The highest BCUT2D eigenvalue weighted by atomic mass is 35.7. The Morgan fingerprint density at radius 3 is 1.11 bits per heavy atom. The Kier molecular flexibility index (Phi) is 48.6. The van der Waals surface area contributed by atoms with Gasteiger partial charge in [-0.05, 0) is 163 Å². The summed E-state index contributed by atoms with van der Waals surface area (Å²) < 4.78 is 158. The number of rotatable bonds is 37. The first-order chi connectivity index (χ1) is 57.6. The van der Waals surface area contributed by atoms with E-state index in [1.54, 1.807) is 48.3 Å². The van der Waals surface area contributed by atoms with E-state index in [0.29, 0.717) is 49.0 Å². The molecule has 0 bridgehead atoms. The molecule has 0 aliphatic rings. The molecule has 125 heavy (non-hydrogen) atoms. The standard InChI is InChI=1S/C27H31ClF2N3O8P.C25H26ClF2N3O5.C23H25ClF2N3O7P.C2H6ClO3P.3H2S/c1-33(25(35)10-8-17-5-4-6-23(30)26(17)28)21(13-22(34)16-41-42(37,38-2)39-3)15-40-27(36)32-24-12-19-11-20(29)9-7-18(19)14-31-24;1-31(23(34)8-6-15-3-2-4-21(28)24(15)26)19(11-20(33)13-32)14-36-25(35)30-22-10-17-9-18(27)7-5-16(17)12-29-22;1-29(11-15-3-2-4-20(26)22(15)24)18(9-19(30)13-36-37(32,33)34)12-35-23(31)28-21-8-16-7-17(25)6-5-14(16)10-27-21;1-5-7(3,4)6-2;;;/h4-7,9,11-12,14,21-22,34H,8,10,13,15-16H2,1-3H3,(H,31,32,36);2-5,7,9-10,12,19-20,32-33H,6,8,11,13-14H2,1H3,(H,29,30,35);2-8,10,18-19,30H,9,11-13H2,1H3,(H,27,28,31)(H2,32,33,34);1-2H3;3*1H2/t21-,22?;19-,20?;18-,19?;;;;/m000..../s1. The number of aryl methyl sites for hydroxylation is 2. The number of likely N-dealkylation sites (N-methyl/N-ethyl adjacent to an activating group) is 3. The number of phosphoric acid groups is 2. The molecule has 32 nitrogen and oxygen atoms in total. The number of carbonyl (C=O) groups excluding carboxylic acids is 5. The van der Waals surface area contributed by atoms with Gasteiger partial charge in [-0.1, -0.05) is 71.2 Å². The molecule has 6 aromatic carbocycles. The van der Waals surface area contributed by atoms with Crippen molar-refractivity contribution in [1.29, 1.82) is 0 Å². The van der Waals surface area contributed by atoms with E-state index in [1.807, 2.05) is 0 Å². The van der Waals surface area contributed by atoms with Crippen molar-refractivity contribution in [2.24, 2.45) is 0 Å². The first-order valence-electron chi connectivity index (χ1n) is 36.2. The highest BCUT2D eigenvalue weighted by Gasteiger charge is 2.31. The molecule has 9 rings (SSSR count). The lowest BCUT2D eigenvalue weighted by molar-refractivity contribution is -0.134. The summed E-state index contributed by atoms with van der Waals surface area (Å²) in [4.78, 5) is 97.3. The molecule has 5 amide bonds. The Morgan fingerprint density at radius 1 is 0.448 bits per heavy atom. The molecular formula is C77H94Cl4F6N9O23P3S3. The SMILES string of the molecule is CN(C(=O)CCc1cccc(F)c1Cl)[C@H](COC(=O)Nc1cc2cc(F)ccc2cn1)CC(O)CO.CN(Cc1cccc(F)c1Cl)[C@H](COC(=O)Nc1cc2cc(F)ccc2cn1)CC(O)COP(=O)(O)O.COP(=O)(Cl)OC.COP(=O)(OC)OCC(O)C[C@@H](COC(=O)Nc1cc2cc(F)ccc2cn1)N(C)C(=O)CCc1cccc(F)c1Cl.S.S.S. The maximum atomic E-state index is 13.8. The third kappa shape index (κ3) is 38.2. The lowest BCUT2D eigenvalue weighted by Gasteiger charge is -2.30. The van der Waals surface area contributed by atoms with E-state index >= 15 is 0 Å². The molecular weight excluding hydrogens is 1860 g/mol. The van der Waals surface area contributed by atoms with Crippen LogP contribution < -0.4 is 16.0 Å². The Bertz CT molecular complexity index is 5180. The lowest BCUT2D eigenvalue weighted by atomic mass is 10.1. The molecule has 48 heteroatoms. The number of nitrogens with one attached hydrogen (secondary N) is 3. The van der Waals surface area contributed by atoms with Gasteiger partial charge < -0.3 is 63.3 Å². The normalized spacial score (nSPS) is 12.7. The minimum atomic E-state index is -4.80. The Labute approximate surface area is 755 Å². The summed E-state index contributed by atoms with van der Waals surface area (Å²) >= 11 is 23.0. The number of ether oxygens (including phenoxy) is 3. The average Bonchev–Trinajstić information content (AvgIpc) is 0.833. The summed E-state index contributed by atoms with van der Waals surface area (Å²) in [5.41, 5.74) is 1.35. The van der Waals surface area contributed by atoms with E-state index in [1.165, 1.54) is 148 Å². The fraction of sp³-hybridized carbons (Fsp3) is 0.351. The van der Waals surface area contributed by atoms with Crippen molar-refractivity contribution in [3.8, 4) is 0 Å².